The van der Waals surface area contributed by atoms with E-state index < -0.39 is 0 Å². The summed E-state index contributed by atoms with van der Waals surface area (Å²) in [5, 5.41) is 8.10. The predicted octanol–water partition coefficient (Wildman–Crippen LogP) is 1.40. The van der Waals surface area contributed by atoms with E-state index in [1.54, 1.807) is 0 Å². The Labute approximate surface area is 81.2 Å². The van der Waals surface area contributed by atoms with Gasteiger partial charge in [0.05, 0.1) is 5.54 Å². The van der Waals surface area contributed by atoms with Gasteiger partial charge < -0.3 is 4.90 Å². The van der Waals surface area contributed by atoms with Crippen LogP contribution in [0.25, 0.3) is 0 Å². The topological polar surface area (TPSA) is 30.3 Å². The molecule has 1 fully saturated rings. The first-order valence-corrected chi connectivity index (χ1v) is 4.97. The zero-order valence-corrected chi connectivity index (χ0v) is 9.22. The van der Waals surface area contributed by atoms with Crippen molar-refractivity contribution in [2.75, 3.05) is 27.2 Å². The average Bonchev–Trinajstić information content (AvgIpc) is 2.54. The highest BCUT2D eigenvalue weighted by Crippen LogP contribution is 2.18. The maximum absolute atomic E-state index is 8.10. The van der Waals surface area contributed by atoms with Gasteiger partial charge in [0, 0.05) is 13.1 Å². The lowest BCUT2D eigenvalue weighted by atomic mass is 10.0. The molecule has 1 N–H and O–H groups in total. The minimum Gasteiger partial charge on any atom is -0.359 e. The molecule has 1 saturated heterocycles. The van der Waals surface area contributed by atoms with Crippen molar-refractivity contribution in [1.82, 2.24) is 9.80 Å². The number of likely N-dealkylation sites (N-methyl/N-ethyl adjacent to an activating group) is 1. The number of rotatable bonds is 2. The van der Waals surface area contributed by atoms with Crippen molar-refractivity contribution >= 4 is 5.84 Å². The molecule has 0 aromatic rings. The lowest BCUT2D eigenvalue weighted by Crippen LogP contribution is -2.52. The third-order valence-corrected chi connectivity index (χ3v) is 3.12. The van der Waals surface area contributed by atoms with Gasteiger partial charge in [-0.25, -0.2) is 0 Å². The van der Waals surface area contributed by atoms with Gasteiger partial charge >= 0.3 is 0 Å². The molecule has 0 aromatic carbocycles. The molecular formula is C10H21N3. The standard InChI is InChI=1S/C10H21N3/c1-10(2,12(3)4)9(11)13-7-5-6-8-13/h11H,5-8H2,1-4H3. The third-order valence-electron chi connectivity index (χ3n) is 3.12. The number of hydrogen-bond acceptors (Lipinski definition) is 2. The van der Waals surface area contributed by atoms with Crippen molar-refractivity contribution in [2.45, 2.75) is 32.2 Å². The van der Waals surface area contributed by atoms with Crippen LogP contribution < -0.4 is 0 Å². The highest BCUT2D eigenvalue weighted by Gasteiger charge is 2.31. The molecule has 0 amide bonds. The first kappa shape index (κ1) is 10.5. The first-order chi connectivity index (χ1) is 5.96. The molecule has 0 aromatic heterocycles. The summed E-state index contributed by atoms with van der Waals surface area (Å²) >= 11 is 0. The van der Waals surface area contributed by atoms with Gasteiger partial charge in [-0.2, -0.15) is 0 Å². The van der Waals surface area contributed by atoms with Gasteiger partial charge in [-0.1, -0.05) is 0 Å². The lowest BCUT2D eigenvalue weighted by Gasteiger charge is -2.37. The first-order valence-electron chi connectivity index (χ1n) is 4.97. The van der Waals surface area contributed by atoms with Crippen LogP contribution in [0.3, 0.4) is 0 Å². The highest BCUT2D eigenvalue weighted by molar-refractivity contribution is 5.88. The quantitative estimate of drug-likeness (QED) is 0.518. The van der Waals surface area contributed by atoms with E-state index >= 15 is 0 Å². The van der Waals surface area contributed by atoms with Gasteiger partial charge in [-0.3, -0.25) is 10.3 Å². The smallest absolute Gasteiger partial charge is 0.116 e. The van der Waals surface area contributed by atoms with Crippen LogP contribution in [0, 0.1) is 5.41 Å². The Morgan fingerprint density at radius 1 is 1.23 bits per heavy atom. The number of nitrogens with one attached hydrogen (secondary N) is 1. The molecule has 1 aliphatic rings. The summed E-state index contributed by atoms with van der Waals surface area (Å²) in [6, 6.07) is 0. The van der Waals surface area contributed by atoms with E-state index in [0.29, 0.717) is 0 Å². The fourth-order valence-electron chi connectivity index (χ4n) is 1.54. The average molecular weight is 183 g/mol. The van der Waals surface area contributed by atoms with E-state index in [4.69, 9.17) is 5.41 Å². The molecule has 1 heterocycles. The van der Waals surface area contributed by atoms with E-state index in [-0.39, 0.29) is 5.54 Å². The van der Waals surface area contributed by atoms with Crippen molar-refractivity contribution in [3.8, 4) is 0 Å². The van der Waals surface area contributed by atoms with Crippen LogP contribution in [-0.4, -0.2) is 48.4 Å². The van der Waals surface area contributed by atoms with Crippen molar-refractivity contribution in [2.24, 2.45) is 0 Å². The van der Waals surface area contributed by atoms with Crippen molar-refractivity contribution in [3.05, 3.63) is 0 Å². The molecular weight excluding hydrogens is 162 g/mol. The van der Waals surface area contributed by atoms with Crippen LogP contribution in [0.5, 0.6) is 0 Å². The molecule has 0 bridgehead atoms. The summed E-state index contributed by atoms with van der Waals surface area (Å²) in [5.74, 6) is 0.759. The fourth-order valence-corrected chi connectivity index (χ4v) is 1.54. The summed E-state index contributed by atoms with van der Waals surface area (Å²) in [4.78, 5) is 4.30. The van der Waals surface area contributed by atoms with Crippen molar-refractivity contribution in [1.29, 1.82) is 5.41 Å². The number of hydrogen-bond donors (Lipinski definition) is 1. The van der Waals surface area contributed by atoms with Gasteiger partial charge in [0.25, 0.3) is 0 Å². The molecule has 0 aliphatic carbocycles. The molecule has 76 valence electrons. The Kier molecular flexibility index (Phi) is 2.96. The number of amidine groups is 1. The van der Waals surface area contributed by atoms with Gasteiger partial charge in [0.15, 0.2) is 0 Å². The van der Waals surface area contributed by atoms with E-state index in [1.807, 2.05) is 14.1 Å². The van der Waals surface area contributed by atoms with Gasteiger partial charge in [-0.05, 0) is 40.8 Å². The van der Waals surface area contributed by atoms with E-state index in [1.165, 1.54) is 12.8 Å². The molecule has 1 rings (SSSR count). The van der Waals surface area contributed by atoms with E-state index in [9.17, 15) is 0 Å². The molecule has 1 aliphatic heterocycles. The Morgan fingerprint density at radius 2 is 1.69 bits per heavy atom. The summed E-state index contributed by atoms with van der Waals surface area (Å²) in [5.41, 5.74) is -0.135. The van der Waals surface area contributed by atoms with Crippen molar-refractivity contribution in [3.63, 3.8) is 0 Å². The van der Waals surface area contributed by atoms with Crippen LogP contribution in [0.15, 0.2) is 0 Å². The zero-order valence-electron chi connectivity index (χ0n) is 9.22. The molecule has 3 heteroatoms. The highest BCUT2D eigenvalue weighted by atomic mass is 15.3. The zero-order chi connectivity index (χ0) is 10.1. The number of nitrogens with zero attached hydrogens (tertiary/aromatic N) is 2. The van der Waals surface area contributed by atoms with Crippen LogP contribution >= 0.6 is 0 Å². The lowest BCUT2D eigenvalue weighted by molar-refractivity contribution is 0.248. The summed E-state index contributed by atoms with van der Waals surface area (Å²) in [6.07, 6.45) is 2.48. The summed E-state index contributed by atoms with van der Waals surface area (Å²) in [6.45, 7) is 6.34. The van der Waals surface area contributed by atoms with E-state index in [2.05, 4.69) is 23.6 Å². The van der Waals surface area contributed by atoms with Crippen molar-refractivity contribution < 1.29 is 0 Å². The maximum Gasteiger partial charge on any atom is 0.116 e. The Balaban J connectivity index is 2.64. The molecule has 3 nitrogen and oxygen atoms in total. The minimum atomic E-state index is -0.135. The Hall–Kier alpha value is -0.570. The third kappa shape index (κ3) is 2.02. The predicted molar refractivity (Wildman–Crippen MR) is 56.3 cm³/mol. The molecule has 13 heavy (non-hydrogen) atoms. The van der Waals surface area contributed by atoms with Crippen LogP contribution in [0.2, 0.25) is 0 Å². The largest absolute Gasteiger partial charge is 0.359 e. The monoisotopic (exact) mass is 183 g/mol. The minimum absolute atomic E-state index is 0.135. The fraction of sp³-hybridized carbons (Fsp3) is 0.900. The normalized spacial score (nSPS) is 18.4. The Morgan fingerprint density at radius 3 is 2.08 bits per heavy atom. The second-order valence-corrected chi connectivity index (χ2v) is 4.50. The van der Waals surface area contributed by atoms with Crippen LogP contribution in [-0.2, 0) is 0 Å². The second kappa shape index (κ2) is 3.66. The Bertz CT molecular complexity index is 190. The van der Waals surface area contributed by atoms with Crippen LogP contribution in [0.1, 0.15) is 26.7 Å². The van der Waals surface area contributed by atoms with Gasteiger partial charge in [0.1, 0.15) is 5.84 Å². The summed E-state index contributed by atoms with van der Waals surface area (Å²) in [7, 11) is 4.06. The van der Waals surface area contributed by atoms with E-state index in [0.717, 1.165) is 18.9 Å². The SMILES string of the molecule is CN(C)C(C)(C)C(=N)N1CCCC1. The van der Waals surface area contributed by atoms with Crippen LogP contribution in [0.4, 0.5) is 0 Å². The maximum atomic E-state index is 8.10. The molecule has 0 unspecified atom stereocenters. The molecule has 0 saturated carbocycles. The molecule has 0 atom stereocenters. The molecule has 0 spiro atoms. The van der Waals surface area contributed by atoms with Gasteiger partial charge in [-0.15, -0.1) is 0 Å². The van der Waals surface area contributed by atoms with Gasteiger partial charge in [0.2, 0.25) is 0 Å². The summed E-state index contributed by atoms with van der Waals surface area (Å²) < 4.78 is 0. The second-order valence-electron chi connectivity index (χ2n) is 4.50. The molecule has 0 radical (unpaired) electrons. The number of likely N-dealkylation sites (tertiary alicyclic amines) is 1.